The normalized spacial score (nSPS) is 16.8. The zero-order chi connectivity index (χ0) is 24.9. The minimum atomic E-state index is -0.621. The third-order valence-electron chi connectivity index (χ3n) is 5.67. The molecule has 2 aromatic rings. The number of ether oxygens (including phenoxy) is 3. The van der Waals surface area contributed by atoms with Crippen molar-refractivity contribution >= 4 is 28.8 Å². The monoisotopic (exact) mass is 494 g/mol. The van der Waals surface area contributed by atoms with Crippen molar-refractivity contribution in [2.45, 2.75) is 25.9 Å². The topological polar surface area (TPSA) is 102 Å². The Labute approximate surface area is 207 Å². The average Bonchev–Trinajstić information content (AvgIpc) is 3.27. The predicted molar refractivity (Wildman–Crippen MR) is 133 cm³/mol. The molecule has 2 aliphatic rings. The summed E-state index contributed by atoms with van der Waals surface area (Å²) in [5, 5.41) is 5.45. The number of fused-ring (bicyclic) bond motifs is 1. The number of pyridine rings is 1. The second-order valence-electron chi connectivity index (χ2n) is 7.74. The molecule has 0 fully saturated rings. The smallest absolute Gasteiger partial charge is 0.338 e. The van der Waals surface area contributed by atoms with E-state index in [0.29, 0.717) is 45.7 Å². The highest BCUT2D eigenvalue weighted by Crippen LogP contribution is 2.48. The SMILES string of the molecule is COC(=O)C1=C(C)N=C2SC=C(CC(=O)NCc3ccccn3)N2C1c1cccc(OC)c1OC. The Kier molecular flexibility index (Phi) is 7.40. The van der Waals surface area contributed by atoms with Crippen LogP contribution in [0, 0.1) is 0 Å². The number of hydrogen-bond donors (Lipinski definition) is 1. The summed E-state index contributed by atoms with van der Waals surface area (Å²) in [5.74, 6) is 0.342. The first-order valence-corrected chi connectivity index (χ1v) is 11.8. The van der Waals surface area contributed by atoms with Gasteiger partial charge < -0.3 is 24.4 Å². The molecule has 1 aromatic heterocycles. The molecule has 1 unspecified atom stereocenters. The number of nitrogens with zero attached hydrogens (tertiary/aromatic N) is 3. The molecule has 9 nitrogen and oxygen atoms in total. The fourth-order valence-electron chi connectivity index (χ4n) is 4.08. The summed E-state index contributed by atoms with van der Waals surface area (Å²) >= 11 is 1.40. The number of benzene rings is 1. The molecule has 0 saturated heterocycles. The number of methoxy groups -OCH3 is 3. The third-order valence-corrected chi connectivity index (χ3v) is 6.56. The van der Waals surface area contributed by atoms with E-state index in [2.05, 4.69) is 15.3 Å². The number of carbonyl (C=O) groups excluding carboxylic acids is 2. The Hall–Kier alpha value is -3.79. The van der Waals surface area contributed by atoms with Gasteiger partial charge in [-0.05, 0) is 30.5 Å². The van der Waals surface area contributed by atoms with Crippen LogP contribution in [0.5, 0.6) is 11.5 Å². The van der Waals surface area contributed by atoms with Crippen molar-refractivity contribution in [3.63, 3.8) is 0 Å². The molecule has 0 saturated carbocycles. The molecule has 1 amide bonds. The van der Waals surface area contributed by atoms with Crippen molar-refractivity contribution in [1.82, 2.24) is 15.2 Å². The second-order valence-corrected chi connectivity index (χ2v) is 8.58. The van der Waals surface area contributed by atoms with E-state index in [1.165, 1.54) is 18.9 Å². The van der Waals surface area contributed by atoms with E-state index in [1.54, 1.807) is 33.4 Å². The quantitative estimate of drug-likeness (QED) is 0.556. The molecule has 35 heavy (non-hydrogen) atoms. The van der Waals surface area contributed by atoms with Gasteiger partial charge in [0.2, 0.25) is 5.91 Å². The summed E-state index contributed by atoms with van der Waals surface area (Å²) in [4.78, 5) is 36.5. The van der Waals surface area contributed by atoms with Gasteiger partial charge in [-0.25, -0.2) is 9.79 Å². The maximum absolute atomic E-state index is 12.9. The Morgan fingerprint density at radius 1 is 1.11 bits per heavy atom. The molecule has 3 heterocycles. The van der Waals surface area contributed by atoms with Crippen LogP contribution in [0.4, 0.5) is 0 Å². The van der Waals surface area contributed by atoms with Crippen LogP contribution in [0.1, 0.15) is 30.6 Å². The molecule has 1 aromatic carbocycles. The zero-order valence-electron chi connectivity index (χ0n) is 19.9. The number of nitrogens with one attached hydrogen (secondary N) is 1. The van der Waals surface area contributed by atoms with Gasteiger partial charge in [-0.1, -0.05) is 30.0 Å². The molecule has 1 atom stereocenters. The average molecular weight is 495 g/mol. The van der Waals surface area contributed by atoms with Crippen LogP contribution in [-0.2, 0) is 20.9 Å². The van der Waals surface area contributed by atoms with Gasteiger partial charge in [0.15, 0.2) is 16.7 Å². The fourth-order valence-corrected chi connectivity index (χ4v) is 5.05. The second kappa shape index (κ2) is 10.6. The lowest BCUT2D eigenvalue weighted by Crippen LogP contribution is -2.38. The highest BCUT2D eigenvalue weighted by Gasteiger charge is 2.42. The standard InChI is InChI=1S/C25H26N4O5S/c1-15-21(24(31)34-4)22(18-9-7-10-19(32-2)23(18)33-3)29-17(14-35-25(29)28-15)12-20(30)27-13-16-8-5-6-11-26-16/h5-11,14,22H,12-13H2,1-4H3,(H,27,30). The van der Waals surface area contributed by atoms with E-state index in [9.17, 15) is 9.59 Å². The van der Waals surface area contributed by atoms with Gasteiger partial charge in [-0.2, -0.15) is 0 Å². The van der Waals surface area contributed by atoms with Gasteiger partial charge in [0, 0.05) is 17.5 Å². The van der Waals surface area contributed by atoms with Crippen molar-refractivity contribution in [2.24, 2.45) is 4.99 Å². The van der Waals surface area contributed by atoms with Crippen LogP contribution >= 0.6 is 11.8 Å². The van der Waals surface area contributed by atoms with Crippen molar-refractivity contribution in [1.29, 1.82) is 0 Å². The maximum Gasteiger partial charge on any atom is 0.338 e. The van der Waals surface area contributed by atoms with Crippen molar-refractivity contribution in [3.05, 3.63) is 76.2 Å². The number of hydrogen-bond acceptors (Lipinski definition) is 9. The van der Waals surface area contributed by atoms with Gasteiger partial charge >= 0.3 is 5.97 Å². The molecule has 2 aliphatic heterocycles. The molecule has 4 rings (SSSR count). The molecule has 0 aliphatic carbocycles. The van der Waals surface area contributed by atoms with Crippen molar-refractivity contribution in [3.8, 4) is 11.5 Å². The summed E-state index contributed by atoms with van der Waals surface area (Å²) in [5.41, 5.74) is 3.07. The van der Waals surface area contributed by atoms with Crippen LogP contribution in [0.15, 0.2) is 70.0 Å². The number of rotatable bonds is 8. The number of amides is 1. The lowest BCUT2D eigenvalue weighted by molar-refractivity contribution is -0.136. The number of aliphatic imine (C=N–C) groups is 1. The fraction of sp³-hybridized carbons (Fsp3) is 0.280. The molecule has 10 heteroatoms. The van der Waals surface area contributed by atoms with E-state index >= 15 is 0 Å². The summed E-state index contributed by atoms with van der Waals surface area (Å²) in [6.07, 6.45) is 1.78. The number of esters is 1. The van der Waals surface area contributed by atoms with Crippen LogP contribution in [0.3, 0.4) is 0 Å². The third kappa shape index (κ3) is 4.88. The minimum absolute atomic E-state index is 0.0924. The summed E-state index contributed by atoms with van der Waals surface area (Å²) in [6, 6.07) is 10.4. The lowest BCUT2D eigenvalue weighted by atomic mass is 9.92. The number of amidine groups is 1. The van der Waals surface area contributed by atoms with Crippen molar-refractivity contribution < 1.29 is 23.8 Å². The summed E-state index contributed by atoms with van der Waals surface area (Å²) in [7, 11) is 4.44. The Balaban J connectivity index is 1.68. The summed E-state index contributed by atoms with van der Waals surface area (Å²) < 4.78 is 16.3. The lowest BCUT2D eigenvalue weighted by Gasteiger charge is -2.36. The molecule has 0 radical (unpaired) electrons. The van der Waals surface area contributed by atoms with Crippen LogP contribution in [0.2, 0.25) is 0 Å². The van der Waals surface area contributed by atoms with Gasteiger partial charge in [0.05, 0.1) is 57.3 Å². The van der Waals surface area contributed by atoms with E-state index in [1.807, 2.05) is 40.6 Å². The van der Waals surface area contributed by atoms with Crippen LogP contribution in [-0.4, -0.2) is 48.3 Å². The number of allylic oxidation sites excluding steroid dienone is 1. The molecular weight excluding hydrogens is 468 g/mol. The Morgan fingerprint density at radius 2 is 1.94 bits per heavy atom. The zero-order valence-corrected chi connectivity index (χ0v) is 20.7. The Morgan fingerprint density at radius 3 is 2.63 bits per heavy atom. The van der Waals surface area contributed by atoms with E-state index in [-0.39, 0.29) is 12.3 Å². The van der Waals surface area contributed by atoms with Crippen LogP contribution in [0.25, 0.3) is 0 Å². The van der Waals surface area contributed by atoms with E-state index in [0.717, 1.165) is 5.69 Å². The molecule has 0 spiro atoms. The minimum Gasteiger partial charge on any atom is -0.493 e. The molecule has 1 N–H and O–H groups in total. The number of para-hydroxylation sites is 1. The summed E-state index contributed by atoms with van der Waals surface area (Å²) in [6.45, 7) is 2.09. The predicted octanol–water partition coefficient (Wildman–Crippen LogP) is 3.55. The van der Waals surface area contributed by atoms with E-state index < -0.39 is 12.0 Å². The largest absolute Gasteiger partial charge is 0.493 e. The van der Waals surface area contributed by atoms with Crippen LogP contribution < -0.4 is 14.8 Å². The van der Waals surface area contributed by atoms with E-state index in [4.69, 9.17) is 14.2 Å². The van der Waals surface area contributed by atoms with Gasteiger partial charge in [-0.3, -0.25) is 9.78 Å². The van der Waals surface area contributed by atoms with Crippen molar-refractivity contribution in [2.75, 3.05) is 21.3 Å². The van der Waals surface area contributed by atoms with Gasteiger partial charge in [-0.15, -0.1) is 0 Å². The molecule has 0 bridgehead atoms. The number of thioether (sulfide) groups is 1. The molecular formula is C25H26N4O5S. The first-order valence-electron chi connectivity index (χ1n) is 10.9. The maximum atomic E-state index is 12.9. The van der Waals surface area contributed by atoms with Gasteiger partial charge in [0.1, 0.15) is 0 Å². The van der Waals surface area contributed by atoms with Gasteiger partial charge in [0.25, 0.3) is 0 Å². The Bertz CT molecular complexity index is 1230. The first kappa shape index (κ1) is 24.3. The highest BCUT2D eigenvalue weighted by molar-refractivity contribution is 8.16. The number of aromatic nitrogens is 1. The molecule has 182 valence electrons. The number of carbonyl (C=O) groups is 2. The highest BCUT2D eigenvalue weighted by atomic mass is 32.2. The first-order chi connectivity index (χ1) is 17.0.